The van der Waals surface area contributed by atoms with E-state index in [1.54, 1.807) is 11.9 Å². The quantitative estimate of drug-likeness (QED) is 0.0535. The van der Waals surface area contributed by atoms with Gasteiger partial charge in [0.15, 0.2) is 0 Å². The fraction of sp³-hybridized carbons (Fsp3) is 0.723. The van der Waals surface area contributed by atoms with Crippen LogP contribution in [-0.4, -0.2) is 108 Å². The average Bonchev–Trinajstić information content (AvgIpc) is 4.02. The van der Waals surface area contributed by atoms with Crippen LogP contribution < -0.4 is 27.0 Å². The molecule has 62 heavy (non-hydrogen) atoms. The molecule has 1 aliphatic carbocycles. The molecule has 356 valence electrons. The molecule has 15 nitrogen and oxygen atoms in total. The first kappa shape index (κ1) is 59.6. The molecular formula is C47H85N7O8. The van der Waals surface area contributed by atoms with Crippen LogP contribution >= 0.6 is 0 Å². The highest BCUT2D eigenvalue weighted by Gasteiger charge is 2.38. The van der Waals surface area contributed by atoms with Crippen molar-refractivity contribution in [2.45, 2.75) is 178 Å². The van der Waals surface area contributed by atoms with E-state index < -0.39 is 29.5 Å². The summed E-state index contributed by atoms with van der Waals surface area (Å²) < 4.78 is 0. The van der Waals surface area contributed by atoms with Crippen molar-refractivity contribution in [2.75, 3.05) is 26.7 Å². The third-order valence-electron chi connectivity index (χ3n) is 9.96. The Morgan fingerprint density at radius 3 is 2.00 bits per heavy atom. The summed E-state index contributed by atoms with van der Waals surface area (Å²) in [7, 11) is 1.73. The van der Waals surface area contributed by atoms with Gasteiger partial charge in [0.25, 0.3) is 5.91 Å². The molecule has 0 radical (unpaired) electrons. The fourth-order valence-electron chi connectivity index (χ4n) is 5.77. The second-order valence-electron chi connectivity index (χ2n) is 18.9. The van der Waals surface area contributed by atoms with E-state index in [4.69, 9.17) is 10.8 Å². The van der Waals surface area contributed by atoms with Gasteiger partial charge in [-0.15, -0.1) is 0 Å². The van der Waals surface area contributed by atoms with E-state index in [0.29, 0.717) is 57.4 Å². The number of nitrogens with zero attached hydrogens (tertiary/aromatic N) is 2. The van der Waals surface area contributed by atoms with Crippen molar-refractivity contribution in [1.82, 2.24) is 31.1 Å². The Balaban J connectivity index is 0. The minimum atomic E-state index is -0.992. The van der Waals surface area contributed by atoms with E-state index in [1.807, 2.05) is 90.6 Å². The standard InChI is InChI=1S/C26H48N4O4.C8H9NO2.C6H15N.C5H7NO2.C2H6/c1-24(2,3)19(18-30-15-13-26(7,8)17-20(30)32)27-23(34)28-21(25(4,5)6)22(33)29(9)14-11-10-12-16-31;10-8(11)9-6-7-4-2-1-3-5-7;1-3-4-5-6(2)7;7-3-5(8)6-4-1-2-4;1-2/h16,19,21H,10-15,17-18H2,1-9H3,(H2,27,28,34);1-5,9H,6H2,(H,10,11);6H,3-5,7H2,1-2H3;3-4H,1-2H2,(H,6,8);1-2H3. The molecule has 1 aromatic carbocycles. The molecular weight excluding hydrogens is 791 g/mol. The number of carbonyl (C=O) groups is 7. The van der Waals surface area contributed by atoms with Crippen molar-refractivity contribution < 1.29 is 38.7 Å². The third-order valence-corrected chi connectivity index (χ3v) is 9.96. The summed E-state index contributed by atoms with van der Waals surface area (Å²) >= 11 is 0. The number of nitrogens with one attached hydrogen (secondary N) is 4. The Morgan fingerprint density at radius 1 is 0.968 bits per heavy atom. The number of carboxylic acid groups (broad SMARTS) is 1. The molecule has 6 amide bonds. The van der Waals surface area contributed by atoms with Crippen LogP contribution in [0.2, 0.25) is 0 Å². The van der Waals surface area contributed by atoms with E-state index in [0.717, 1.165) is 44.0 Å². The molecule has 2 aliphatic rings. The van der Waals surface area contributed by atoms with Gasteiger partial charge in [0.1, 0.15) is 12.3 Å². The molecule has 0 aromatic heterocycles. The second-order valence-corrected chi connectivity index (χ2v) is 18.9. The molecule has 3 atom stereocenters. The number of likely N-dealkylation sites (tertiary alicyclic amines) is 1. The van der Waals surface area contributed by atoms with Crippen molar-refractivity contribution in [3.63, 3.8) is 0 Å². The van der Waals surface area contributed by atoms with Crippen LogP contribution in [0.25, 0.3) is 0 Å². The van der Waals surface area contributed by atoms with Gasteiger partial charge in [-0.2, -0.15) is 0 Å². The Labute approximate surface area is 373 Å². The first-order valence-electron chi connectivity index (χ1n) is 22.4. The van der Waals surface area contributed by atoms with Gasteiger partial charge in [-0.25, -0.2) is 9.59 Å². The number of hydrogen-bond donors (Lipinski definition) is 6. The largest absolute Gasteiger partial charge is 0.465 e. The maximum Gasteiger partial charge on any atom is 0.404 e. The van der Waals surface area contributed by atoms with Gasteiger partial charge in [-0.1, -0.05) is 119 Å². The van der Waals surface area contributed by atoms with Crippen LogP contribution in [0.4, 0.5) is 9.59 Å². The summed E-state index contributed by atoms with van der Waals surface area (Å²) in [6, 6.07) is 8.70. The number of urea groups is 1. The van der Waals surface area contributed by atoms with Crippen LogP contribution in [0.3, 0.4) is 0 Å². The summed E-state index contributed by atoms with van der Waals surface area (Å²) in [6.45, 7) is 26.4. The van der Waals surface area contributed by atoms with Gasteiger partial charge < -0.3 is 46.7 Å². The third kappa shape index (κ3) is 29.7. The SMILES string of the molecule is CC.CCCCC(C)N.CN(CCCCC=O)C(=O)C(NC(=O)NC(CN1CCC(C)(C)CC1=O)C(C)(C)C)C(C)(C)C.O=C(O)NCc1ccccc1.O=CC(=O)NC1CC1. The lowest BCUT2D eigenvalue weighted by atomic mass is 9.81. The maximum atomic E-state index is 13.2. The number of nitrogens with two attached hydrogens (primary N) is 1. The zero-order chi connectivity index (χ0) is 48.1. The highest BCUT2D eigenvalue weighted by atomic mass is 16.4. The Hall–Kier alpha value is -4.53. The number of amides is 6. The number of unbranched alkanes of at least 4 members (excludes halogenated alkanes) is 3. The highest BCUT2D eigenvalue weighted by Crippen LogP contribution is 2.32. The monoisotopic (exact) mass is 876 g/mol. The van der Waals surface area contributed by atoms with Gasteiger partial charge in [0, 0.05) is 58.2 Å². The number of benzene rings is 1. The van der Waals surface area contributed by atoms with Crippen LogP contribution in [-0.2, 0) is 30.5 Å². The summed E-state index contributed by atoms with van der Waals surface area (Å²) in [5.41, 5.74) is 5.69. The Bertz CT molecular complexity index is 1450. The Morgan fingerprint density at radius 2 is 1.56 bits per heavy atom. The van der Waals surface area contributed by atoms with E-state index in [1.165, 1.54) is 19.3 Å². The minimum Gasteiger partial charge on any atom is -0.465 e. The molecule has 1 aromatic rings. The molecule has 0 spiro atoms. The average molecular weight is 876 g/mol. The molecule has 1 saturated carbocycles. The van der Waals surface area contributed by atoms with Gasteiger partial charge in [-0.3, -0.25) is 19.2 Å². The predicted molar refractivity (Wildman–Crippen MR) is 248 cm³/mol. The molecule has 1 aliphatic heterocycles. The highest BCUT2D eigenvalue weighted by molar-refractivity contribution is 6.23. The lowest BCUT2D eigenvalue weighted by Crippen LogP contribution is -2.60. The zero-order valence-corrected chi connectivity index (χ0v) is 40.5. The number of piperidine rings is 1. The minimum absolute atomic E-state index is 0.00910. The van der Waals surface area contributed by atoms with Gasteiger partial charge in [-0.05, 0) is 67.3 Å². The number of likely N-dealkylation sites (N-methyl/N-ethyl adjacent to an activating group) is 1. The van der Waals surface area contributed by atoms with Gasteiger partial charge in [0.2, 0.25) is 18.1 Å². The van der Waals surface area contributed by atoms with Crippen molar-refractivity contribution in [2.24, 2.45) is 22.0 Å². The predicted octanol–water partition coefficient (Wildman–Crippen LogP) is 7.06. The number of carbonyl (C=O) groups excluding carboxylic acids is 6. The van der Waals surface area contributed by atoms with Crippen LogP contribution in [0, 0.1) is 16.2 Å². The molecule has 2 fully saturated rings. The van der Waals surface area contributed by atoms with Crippen molar-refractivity contribution in [1.29, 1.82) is 0 Å². The number of hydrogen-bond acceptors (Lipinski definition) is 8. The summed E-state index contributed by atoms with van der Waals surface area (Å²) in [5, 5.41) is 19.0. The van der Waals surface area contributed by atoms with E-state index in [2.05, 4.69) is 49.0 Å². The van der Waals surface area contributed by atoms with Crippen LogP contribution in [0.15, 0.2) is 30.3 Å². The molecule has 7 N–H and O–H groups in total. The first-order valence-corrected chi connectivity index (χ1v) is 22.4. The van der Waals surface area contributed by atoms with E-state index in [9.17, 15) is 33.6 Å². The van der Waals surface area contributed by atoms with Crippen LogP contribution in [0.1, 0.15) is 153 Å². The molecule has 3 unspecified atom stereocenters. The topological polar surface area (TPSA) is 220 Å². The van der Waals surface area contributed by atoms with E-state index >= 15 is 0 Å². The summed E-state index contributed by atoms with van der Waals surface area (Å²) in [5.74, 6) is -0.534. The van der Waals surface area contributed by atoms with Crippen molar-refractivity contribution in [3.8, 4) is 0 Å². The fourth-order valence-corrected chi connectivity index (χ4v) is 5.77. The lowest BCUT2D eigenvalue weighted by Gasteiger charge is -2.41. The normalized spacial score (nSPS) is 15.5. The van der Waals surface area contributed by atoms with Crippen molar-refractivity contribution in [3.05, 3.63) is 35.9 Å². The first-order chi connectivity index (χ1) is 28.9. The van der Waals surface area contributed by atoms with E-state index in [-0.39, 0.29) is 28.7 Å². The Kier molecular flexibility index (Phi) is 30.1. The molecule has 3 rings (SSSR count). The zero-order valence-electron chi connectivity index (χ0n) is 40.5. The second kappa shape index (κ2) is 31.3. The molecule has 1 saturated heterocycles. The number of rotatable bonds is 17. The smallest absolute Gasteiger partial charge is 0.404 e. The van der Waals surface area contributed by atoms with Crippen LogP contribution in [0.5, 0.6) is 0 Å². The van der Waals surface area contributed by atoms with Crippen molar-refractivity contribution >= 4 is 42.4 Å². The summed E-state index contributed by atoms with van der Waals surface area (Å²) in [4.78, 5) is 82.8. The summed E-state index contributed by atoms with van der Waals surface area (Å²) in [6.07, 6.45) is 9.36. The van der Waals surface area contributed by atoms with Gasteiger partial charge in [0.05, 0.1) is 6.04 Å². The number of aldehydes is 2. The molecule has 0 bridgehead atoms. The molecule has 15 heteroatoms. The lowest BCUT2D eigenvalue weighted by molar-refractivity contribution is -0.138. The maximum absolute atomic E-state index is 13.2. The van der Waals surface area contributed by atoms with Gasteiger partial charge >= 0.3 is 12.1 Å². The molecule has 1 heterocycles.